The Balaban J connectivity index is 1.75. The second-order valence-corrected chi connectivity index (χ2v) is 11.3. The van der Waals surface area contributed by atoms with Crippen LogP contribution in [0.25, 0.3) is 0 Å². The zero-order valence-corrected chi connectivity index (χ0v) is 24.9. The average Bonchev–Trinajstić information content (AvgIpc) is 3.07. The number of nitrogens with zero attached hydrogens (tertiary/aromatic N) is 2. The standard InChI is InChI=1S/C33H36N4O6/c1-6-33(4,5)31(42)37-18-25(35-32(43)34-23-12-9-11-22(17-23)30(40)41)29(39)36(27-16-20(2)14-15-26(27)37)19-28(38)24-13-8-7-10-21(24)3/h7-17,25H,6,18-19H2,1-5H3,(H,40,41)(H2,34,35,43). The monoisotopic (exact) mass is 584 g/mol. The van der Waals surface area contributed by atoms with Crippen LogP contribution in [0, 0.1) is 19.3 Å². The van der Waals surface area contributed by atoms with Crippen molar-refractivity contribution >= 4 is 46.7 Å². The van der Waals surface area contributed by atoms with Crippen molar-refractivity contribution in [2.24, 2.45) is 5.41 Å². The first kappa shape index (κ1) is 31.0. The van der Waals surface area contributed by atoms with Gasteiger partial charge in [-0.05, 0) is 61.7 Å². The van der Waals surface area contributed by atoms with Crippen LogP contribution < -0.4 is 20.4 Å². The second-order valence-electron chi connectivity index (χ2n) is 11.3. The van der Waals surface area contributed by atoms with Crippen LogP contribution in [0.5, 0.6) is 0 Å². The van der Waals surface area contributed by atoms with Gasteiger partial charge in [-0.1, -0.05) is 57.2 Å². The Bertz CT molecular complexity index is 1600. The molecule has 10 nitrogen and oxygen atoms in total. The Labute approximate surface area is 250 Å². The lowest BCUT2D eigenvalue weighted by molar-refractivity contribution is -0.127. The van der Waals surface area contributed by atoms with E-state index in [4.69, 9.17) is 0 Å². The number of carbonyl (C=O) groups excluding carboxylic acids is 4. The lowest BCUT2D eigenvalue weighted by Gasteiger charge is -2.32. The van der Waals surface area contributed by atoms with Crippen molar-refractivity contribution in [2.45, 2.75) is 47.1 Å². The van der Waals surface area contributed by atoms with Gasteiger partial charge in [0.05, 0.1) is 30.0 Å². The van der Waals surface area contributed by atoms with Gasteiger partial charge in [0.25, 0.3) is 5.91 Å². The number of aryl methyl sites for hydroxylation is 2. The molecule has 0 aromatic heterocycles. The highest BCUT2D eigenvalue weighted by Crippen LogP contribution is 2.37. The average molecular weight is 585 g/mol. The van der Waals surface area contributed by atoms with E-state index in [2.05, 4.69) is 10.6 Å². The van der Waals surface area contributed by atoms with Gasteiger partial charge in [-0.25, -0.2) is 9.59 Å². The first-order valence-electron chi connectivity index (χ1n) is 14.1. The molecule has 0 radical (unpaired) electrons. The maximum Gasteiger partial charge on any atom is 0.335 e. The van der Waals surface area contributed by atoms with Gasteiger partial charge in [-0.15, -0.1) is 0 Å². The molecule has 10 heteroatoms. The van der Waals surface area contributed by atoms with Crippen molar-refractivity contribution in [3.63, 3.8) is 0 Å². The quantitative estimate of drug-likeness (QED) is 0.312. The van der Waals surface area contributed by atoms with Gasteiger partial charge in [0.1, 0.15) is 6.04 Å². The highest BCUT2D eigenvalue weighted by atomic mass is 16.4. The number of aromatic carboxylic acids is 1. The molecule has 1 atom stereocenters. The van der Waals surface area contributed by atoms with Gasteiger partial charge < -0.3 is 25.5 Å². The summed E-state index contributed by atoms with van der Waals surface area (Å²) in [5.74, 6) is -2.24. The van der Waals surface area contributed by atoms with Crippen molar-refractivity contribution in [1.29, 1.82) is 0 Å². The lowest BCUT2D eigenvalue weighted by atomic mass is 9.88. The van der Waals surface area contributed by atoms with Crippen molar-refractivity contribution in [3.8, 4) is 0 Å². The number of fused-ring (bicyclic) bond motifs is 1. The molecule has 0 saturated carbocycles. The van der Waals surface area contributed by atoms with E-state index in [9.17, 15) is 29.1 Å². The molecule has 43 heavy (non-hydrogen) atoms. The molecule has 3 N–H and O–H groups in total. The largest absolute Gasteiger partial charge is 0.478 e. The first-order valence-corrected chi connectivity index (χ1v) is 14.1. The number of carbonyl (C=O) groups is 5. The normalized spacial score (nSPS) is 14.9. The summed E-state index contributed by atoms with van der Waals surface area (Å²) in [6, 6.07) is 16.1. The van der Waals surface area contributed by atoms with Crippen LogP contribution in [0.3, 0.4) is 0 Å². The smallest absolute Gasteiger partial charge is 0.335 e. The summed E-state index contributed by atoms with van der Waals surface area (Å²) in [5.41, 5.74) is 2.32. The third-order valence-corrected chi connectivity index (χ3v) is 7.77. The van der Waals surface area contributed by atoms with Crippen molar-refractivity contribution < 1.29 is 29.1 Å². The SMILES string of the molecule is CCC(C)(C)C(=O)N1CC(NC(=O)Nc2cccc(C(=O)O)c2)C(=O)N(CC(=O)c2ccccc2C)c2cc(C)ccc21. The number of ketones is 1. The minimum absolute atomic E-state index is 0.0198. The van der Waals surface area contributed by atoms with Crippen LogP contribution >= 0.6 is 0 Å². The molecule has 224 valence electrons. The minimum atomic E-state index is -1.23. The van der Waals surface area contributed by atoms with E-state index in [1.54, 1.807) is 24.3 Å². The summed E-state index contributed by atoms with van der Waals surface area (Å²) < 4.78 is 0. The maximum atomic E-state index is 14.2. The van der Waals surface area contributed by atoms with Crippen molar-refractivity contribution in [2.75, 3.05) is 28.2 Å². The third kappa shape index (κ3) is 6.74. The summed E-state index contributed by atoms with van der Waals surface area (Å²) in [7, 11) is 0. The third-order valence-electron chi connectivity index (χ3n) is 7.77. The van der Waals surface area contributed by atoms with Gasteiger partial charge in [0.2, 0.25) is 5.91 Å². The molecular formula is C33H36N4O6. The second kappa shape index (κ2) is 12.5. The predicted molar refractivity (Wildman–Crippen MR) is 165 cm³/mol. The number of amides is 4. The lowest BCUT2D eigenvalue weighted by Crippen LogP contribution is -2.55. The van der Waals surface area contributed by atoms with Crippen LogP contribution in [0.1, 0.15) is 59.0 Å². The predicted octanol–water partition coefficient (Wildman–Crippen LogP) is 5.19. The van der Waals surface area contributed by atoms with E-state index >= 15 is 0 Å². The van der Waals surface area contributed by atoms with Crippen LogP contribution in [0.4, 0.5) is 21.9 Å². The Kier molecular flexibility index (Phi) is 8.99. The number of hydrogen-bond acceptors (Lipinski definition) is 5. The Hall–Kier alpha value is -4.99. The molecule has 3 aromatic rings. The Morgan fingerprint density at radius 1 is 0.953 bits per heavy atom. The summed E-state index contributed by atoms with van der Waals surface area (Å²) in [6.07, 6.45) is 0.533. The van der Waals surface area contributed by atoms with E-state index < -0.39 is 29.4 Å². The highest BCUT2D eigenvalue weighted by Gasteiger charge is 2.41. The van der Waals surface area contributed by atoms with Gasteiger partial charge >= 0.3 is 12.0 Å². The number of carboxylic acids is 1. The topological polar surface area (TPSA) is 136 Å². The van der Waals surface area contributed by atoms with E-state index in [1.807, 2.05) is 52.8 Å². The zero-order chi connectivity index (χ0) is 31.5. The van der Waals surface area contributed by atoms with Crippen LogP contribution in [-0.4, -0.2) is 53.8 Å². The number of anilines is 3. The molecule has 3 aromatic carbocycles. The highest BCUT2D eigenvalue weighted by molar-refractivity contribution is 6.13. The van der Waals surface area contributed by atoms with Gasteiger partial charge in [-0.3, -0.25) is 14.4 Å². The van der Waals surface area contributed by atoms with Gasteiger partial charge in [0, 0.05) is 16.7 Å². The summed E-state index contributed by atoms with van der Waals surface area (Å²) >= 11 is 0. The molecule has 1 aliphatic rings. The molecule has 0 saturated heterocycles. The molecule has 0 fully saturated rings. The van der Waals surface area contributed by atoms with E-state index in [0.717, 1.165) is 11.1 Å². The number of nitrogens with one attached hydrogen (secondary N) is 2. The fraction of sp³-hybridized carbons (Fsp3) is 0.303. The summed E-state index contributed by atoms with van der Waals surface area (Å²) in [6.45, 7) is 8.73. The molecule has 0 spiro atoms. The molecule has 1 heterocycles. The molecule has 0 aliphatic carbocycles. The van der Waals surface area contributed by atoms with Crippen molar-refractivity contribution in [1.82, 2.24) is 5.32 Å². The van der Waals surface area contributed by atoms with Gasteiger partial charge in [-0.2, -0.15) is 0 Å². The molecule has 4 amide bonds. The number of benzene rings is 3. The molecule has 1 unspecified atom stereocenters. The number of rotatable bonds is 8. The molecular weight excluding hydrogens is 548 g/mol. The van der Waals surface area contributed by atoms with Crippen LogP contribution in [-0.2, 0) is 9.59 Å². The summed E-state index contributed by atoms with van der Waals surface area (Å²) in [5, 5.41) is 14.5. The van der Waals surface area contributed by atoms with E-state index in [1.165, 1.54) is 34.1 Å². The fourth-order valence-corrected chi connectivity index (χ4v) is 4.89. The Morgan fingerprint density at radius 2 is 1.67 bits per heavy atom. The number of carboxylic acid groups (broad SMARTS) is 1. The zero-order valence-electron chi connectivity index (χ0n) is 24.9. The van der Waals surface area contributed by atoms with Crippen LogP contribution in [0.2, 0.25) is 0 Å². The fourth-order valence-electron chi connectivity index (χ4n) is 4.89. The van der Waals surface area contributed by atoms with E-state index in [0.29, 0.717) is 23.4 Å². The Morgan fingerprint density at radius 3 is 2.35 bits per heavy atom. The molecule has 1 aliphatic heterocycles. The molecule has 0 bridgehead atoms. The van der Waals surface area contributed by atoms with Crippen molar-refractivity contribution in [3.05, 3.63) is 89.0 Å². The van der Waals surface area contributed by atoms with E-state index in [-0.39, 0.29) is 36.0 Å². The van der Waals surface area contributed by atoms with Crippen LogP contribution in [0.15, 0.2) is 66.7 Å². The number of Topliss-reactive ketones (excluding diaryl/α,β-unsaturated/α-hetero) is 1. The maximum absolute atomic E-state index is 14.2. The van der Waals surface area contributed by atoms with Gasteiger partial charge in [0.15, 0.2) is 5.78 Å². The minimum Gasteiger partial charge on any atom is -0.478 e. The summed E-state index contributed by atoms with van der Waals surface area (Å²) in [4.78, 5) is 69.0. The number of urea groups is 1. The molecule has 4 rings (SSSR count). The number of hydrogen-bond donors (Lipinski definition) is 3. The first-order chi connectivity index (χ1) is 20.3.